The van der Waals surface area contributed by atoms with Crippen LogP contribution in [-0.4, -0.2) is 20.9 Å². The fraction of sp³-hybridized carbons (Fsp3) is 0.231. The van der Waals surface area contributed by atoms with Gasteiger partial charge >= 0.3 is 5.97 Å². The Bertz CT molecular complexity index is 614. The Kier molecular flexibility index (Phi) is 2.33. The molecule has 1 fully saturated rings. The predicted octanol–water partition coefficient (Wildman–Crippen LogP) is 2.03. The number of rotatable bonds is 3. The Morgan fingerprint density at radius 1 is 1.39 bits per heavy atom. The van der Waals surface area contributed by atoms with Gasteiger partial charge in [-0.3, -0.25) is 0 Å². The maximum Gasteiger partial charge on any atom is 0.335 e. The number of hydrogen-bond acceptors (Lipinski definition) is 3. The quantitative estimate of drug-likeness (QED) is 0.808. The standard InChI is InChI=1S/C13H13N3O2/c14-10-7-9(13(17)18)3-4-12(10)16-6-5-11(15-16)8-1-2-8/h3-8H,1-2,14H2,(H,17,18). The number of nitrogens with two attached hydrogens (primary N) is 1. The molecule has 1 aromatic heterocycles. The Morgan fingerprint density at radius 2 is 2.17 bits per heavy atom. The minimum Gasteiger partial charge on any atom is -0.478 e. The van der Waals surface area contributed by atoms with Crippen LogP contribution < -0.4 is 5.73 Å². The largest absolute Gasteiger partial charge is 0.478 e. The first-order valence-electron chi connectivity index (χ1n) is 5.84. The Morgan fingerprint density at radius 3 is 2.78 bits per heavy atom. The zero-order chi connectivity index (χ0) is 12.7. The van der Waals surface area contributed by atoms with Gasteiger partial charge in [-0.1, -0.05) is 0 Å². The molecule has 3 N–H and O–H groups in total. The van der Waals surface area contributed by atoms with E-state index in [1.165, 1.54) is 25.0 Å². The van der Waals surface area contributed by atoms with Crippen LogP contribution in [-0.2, 0) is 0 Å². The number of nitrogens with zero attached hydrogens (tertiary/aromatic N) is 2. The van der Waals surface area contributed by atoms with Crippen molar-refractivity contribution >= 4 is 11.7 Å². The van der Waals surface area contributed by atoms with Crippen molar-refractivity contribution in [2.24, 2.45) is 0 Å². The second-order valence-corrected chi connectivity index (χ2v) is 4.54. The molecule has 0 unspecified atom stereocenters. The molecule has 0 amide bonds. The number of aromatic nitrogens is 2. The van der Waals surface area contributed by atoms with Gasteiger partial charge in [0.1, 0.15) is 0 Å². The molecule has 1 aliphatic carbocycles. The van der Waals surface area contributed by atoms with Crippen molar-refractivity contribution < 1.29 is 9.90 Å². The van der Waals surface area contributed by atoms with E-state index in [1.807, 2.05) is 12.3 Å². The van der Waals surface area contributed by atoms with Crippen LogP contribution >= 0.6 is 0 Å². The summed E-state index contributed by atoms with van der Waals surface area (Å²) in [7, 11) is 0. The Balaban J connectivity index is 1.97. The molecule has 0 saturated heterocycles. The lowest BCUT2D eigenvalue weighted by Crippen LogP contribution is -2.04. The molecule has 1 aromatic carbocycles. The molecule has 1 saturated carbocycles. The van der Waals surface area contributed by atoms with Crippen molar-refractivity contribution in [1.82, 2.24) is 9.78 Å². The topological polar surface area (TPSA) is 81.1 Å². The third-order valence-corrected chi connectivity index (χ3v) is 3.13. The van der Waals surface area contributed by atoms with Crippen molar-refractivity contribution in [1.29, 1.82) is 0 Å². The van der Waals surface area contributed by atoms with Gasteiger partial charge in [-0.2, -0.15) is 5.10 Å². The van der Waals surface area contributed by atoms with Crippen molar-refractivity contribution in [3.63, 3.8) is 0 Å². The minimum atomic E-state index is -0.979. The van der Waals surface area contributed by atoms with Crippen LogP contribution in [0.2, 0.25) is 0 Å². The van der Waals surface area contributed by atoms with Crippen LogP contribution in [0.5, 0.6) is 0 Å². The summed E-state index contributed by atoms with van der Waals surface area (Å²) in [6, 6.07) is 6.66. The van der Waals surface area contributed by atoms with Gasteiger partial charge in [0.05, 0.1) is 22.6 Å². The third kappa shape index (κ3) is 1.84. The molecule has 0 radical (unpaired) electrons. The first-order chi connectivity index (χ1) is 8.65. The summed E-state index contributed by atoms with van der Waals surface area (Å²) in [6.07, 6.45) is 4.26. The highest BCUT2D eigenvalue weighted by atomic mass is 16.4. The van der Waals surface area contributed by atoms with Gasteiger partial charge in [0.15, 0.2) is 0 Å². The zero-order valence-corrected chi connectivity index (χ0v) is 9.71. The van der Waals surface area contributed by atoms with Crippen LogP contribution in [0.3, 0.4) is 0 Å². The molecule has 1 aliphatic rings. The van der Waals surface area contributed by atoms with E-state index in [9.17, 15) is 4.79 Å². The van der Waals surface area contributed by atoms with Crippen LogP contribution in [0.4, 0.5) is 5.69 Å². The molecule has 0 aliphatic heterocycles. The summed E-state index contributed by atoms with van der Waals surface area (Å²) in [4.78, 5) is 10.8. The number of carbonyl (C=O) groups is 1. The number of nitrogen functional groups attached to an aromatic ring is 1. The lowest BCUT2D eigenvalue weighted by Gasteiger charge is -2.06. The van der Waals surface area contributed by atoms with Gasteiger partial charge in [-0.05, 0) is 37.1 Å². The van der Waals surface area contributed by atoms with E-state index >= 15 is 0 Å². The van der Waals surface area contributed by atoms with Gasteiger partial charge in [-0.15, -0.1) is 0 Å². The number of carboxylic acid groups (broad SMARTS) is 1. The van der Waals surface area contributed by atoms with Gasteiger partial charge < -0.3 is 10.8 Å². The molecule has 5 heteroatoms. The number of benzene rings is 1. The van der Waals surface area contributed by atoms with Crippen molar-refractivity contribution in [3.8, 4) is 5.69 Å². The summed E-state index contributed by atoms with van der Waals surface area (Å²) in [5.41, 5.74) is 8.27. The second-order valence-electron chi connectivity index (χ2n) is 4.54. The Labute approximate surface area is 104 Å². The van der Waals surface area contributed by atoms with E-state index < -0.39 is 5.97 Å². The van der Waals surface area contributed by atoms with Crippen molar-refractivity contribution in [2.75, 3.05) is 5.73 Å². The summed E-state index contributed by atoms with van der Waals surface area (Å²) in [5, 5.41) is 13.3. The predicted molar refractivity (Wildman–Crippen MR) is 66.9 cm³/mol. The van der Waals surface area contributed by atoms with E-state index in [0.717, 1.165) is 5.69 Å². The normalized spacial score (nSPS) is 14.7. The van der Waals surface area contributed by atoms with Gasteiger partial charge in [0, 0.05) is 12.1 Å². The van der Waals surface area contributed by atoms with Crippen molar-refractivity contribution in [2.45, 2.75) is 18.8 Å². The molecular formula is C13H13N3O2. The number of carboxylic acids is 1. The zero-order valence-electron chi connectivity index (χ0n) is 9.71. The monoisotopic (exact) mass is 243 g/mol. The smallest absolute Gasteiger partial charge is 0.335 e. The molecule has 3 rings (SSSR count). The second kappa shape index (κ2) is 3.87. The summed E-state index contributed by atoms with van der Waals surface area (Å²) in [6.45, 7) is 0. The first-order valence-corrected chi connectivity index (χ1v) is 5.84. The number of hydrogen-bond donors (Lipinski definition) is 2. The van der Waals surface area contributed by atoms with Crippen LogP contribution in [0.25, 0.3) is 5.69 Å². The van der Waals surface area contributed by atoms with E-state index in [2.05, 4.69) is 5.10 Å². The fourth-order valence-electron chi connectivity index (χ4n) is 1.97. The maximum atomic E-state index is 10.8. The highest BCUT2D eigenvalue weighted by Crippen LogP contribution is 2.39. The van der Waals surface area contributed by atoms with Crippen LogP contribution in [0.1, 0.15) is 34.8 Å². The molecule has 18 heavy (non-hydrogen) atoms. The van der Waals surface area contributed by atoms with Gasteiger partial charge in [-0.25, -0.2) is 9.48 Å². The highest BCUT2D eigenvalue weighted by Gasteiger charge is 2.26. The maximum absolute atomic E-state index is 10.8. The van der Waals surface area contributed by atoms with Crippen LogP contribution in [0.15, 0.2) is 30.5 Å². The molecule has 5 nitrogen and oxygen atoms in total. The Hall–Kier alpha value is -2.30. The summed E-state index contributed by atoms with van der Waals surface area (Å²) < 4.78 is 1.70. The molecule has 0 spiro atoms. The highest BCUT2D eigenvalue weighted by molar-refractivity contribution is 5.89. The molecule has 92 valence electrons. The summed E-state index contributed by atoms with van der Waals surface area (Å²) in [5.74, 6) is -0.391. The lowest BCUT2D eigenvalue weighted by molar-refractivity contribution is 0.0697. The van der Waals surface area contributed by atoms with Crippen molar-refractivity contribution in [3.05, 3.63) is 41.7 Å². The average molecular weight is 243 g/mol. The van der Waals surface area contributed by atoms with E-state index in [1.54, 1.807) is 10.7 Å². The molecule has 2 aromatic rings. The van der Waals surface area contributed by atoms with Gasteiger partial charge in [0.2, 0.25) is 0 Å². The summed E-state index contributed by atoms with van der Waals surface area (Å²) >= 11 is 0. The van der Waals surface area contributed by atoms with E-state index in [4.69, 9.17) is 10.8 Å². The molecule has 0 atom stereocenters. The molecule has 0 bridgehead atoms. The van der Waals surface area contributed by atoms with E-state index in [0.29, 0.717) is 17.3 Å². The molecular weight excluding hydrogens is 230 g/mol. The number of aromatic carboxylic acids is 1. The average Bonchev–Trinajstić information content (AvgIpc) is 3.08. The number of anilines is 1. The van der Waals surface area contributed by atoms with Crippen LogP contribution in [0, 0.1) is 0 Å². The molecule has 1 heterocycles. The third-order valence-electron chi connectivity index (χ3n) is 3.13. The lowest BCUT2D eigenvalue weighted by atomic mass is 10.2. The SMILES string of the molecule is Nc1cc(C(=O)O)ccc1-n1ccc(C2CC2)n1. The van der Waals surface area contributed by atoms with Gasteiger partial charge in [0.25, 0.3) is 0 Å². The fourth-order valence-corrected chi connectivity index (χ4v) is 1.97. The minimum absolute atomic E-state index is 0.186. The van der Waals surface area contributed by atoms with E-state index in [-0.39, 0.29) is 5.56 Å². The first kappa shape index (κ1) is 10.8.